The number of nitrogens with zero attached hydrogens (tertiary/aromatic N) is 1. The molecule has 140 valence electrons. The average Bonchev–Trinajstić information content (AvgIpc) is 3.19. The molecule has 1 atom stereocenters. The first-order valence-corrected chi connectivity index (χ1v) is 10.3. The molecule has 0 radical (unpaired) electrons. The number of amides is 1. The van der Waals surface area contributed by atoms with Crippen LogP contribution in [0.1, 0.15) is 25.5 Å². The number of carbonyl (C=O) groups is 2. The second kappa shape index (κ2) is 8.41. The molecule has 1 aliphatic rings. The molecule has 1 saturated heterocycles. The maximum Gasteiger partial charge on any atom is 0.326 e. The van der Waals surface area contributed by atoms with E-state index in [1.54, 1.807) is 12.1 Å². The highest BCUT2D eigenvalue weighted by Gasteiger charge is 2.40. The van der Waals surface area contributed by atoms with Gasteiger partial charge in [0.2, 0.25) is 0 Å². The Morgan fingerprint density at radius 1 is 1.33 bits per heavy atom. The van der Waals surface area contributed by atoms with E-state index < -0.39 is 17.9 Å². The Labute approximate surface area is 174 Å². The molecule has 27 heavy (non-hydrogen) atoms. The number of thiocarbonyl (C=S) groups is 1. The molecular formula is C19H16BrNO4S2. The van der Waals surface area contributed by atoms with Gasteiger partial charge in [-0.15, -0.1) is 0 Å². The monoisotopic (exact) mass is 465 g/mol. The molecule has 0 aliphatic carbocycles. The quantitative estimate of drug-likeness (QED) is 0.468. The fourth-order valence-corrected chi connectivity index (χ4v) is 4.32. The zero-order valence-electron chi connectivity index (χ0n) is 14.3. The zero-order valence-corrected chi connectivity index (χ0v) is 17.6. The van der Waals surface area contributed by atoms with Gasteiger partial charge in [-0.3, -0.25) is 9.69 Å². The van der Waals surface area contributed by atoms with E-state index in [9.17, 15) is 14.7 Å². The van der Waals surface area contributed by atoms with E-state index in [0.29, 0.717) is 29.3 Å². The maximum atomic E-state index is 12.7. The summed E-state index contributed by atoms with van der Waals surface area (Å²) in [6, 6.07) is 10.3. The zero-order chi connectivity index (χ0) is 19.6. The molecule has 1 aromatic heterocycles. The summed E-state index contributed by atoms with van der Waals surface area (Å²) in [5.74, 6) is -0.258. The molecule has 3 rings (SSSR count). The van der Waals surface area contributed by atoms with E-state index in [0.717, 1.165) is 21.8 Å². The van der Waals surface area contributed by atoms with Gasteiger partial charge in [0.1, 0.15) is 21.9 Å². The summed E-state index contributed by atoms with van der Waals surface area (Å²) in [6.07, 6.45) is 2.60. The van der Waals surface area contributed by atoms with Crippen molar-refractivity contribution in [2.75, 3.05) is 0 Å². The van der Waals surface area contributed by atoms with Crippen LogP contribution < -0.4 is 0 Å². The van der Waals surface area contributed by atoms with Gasteiger partial charge in [0.25, 0.3) is 5.91 Å². The highest BCUT2D eigenvalue weighted by Crippen LogP contribution is 2.35. The third-order valence-electron chi connectivity index (χ3n) is 4.01. The maximum absolute atomic E-state index is 12.7. The van der Waals surface area contributed by atoms with Crippen molar-refractivity contribution in [1.29, 1.82) is 0 Å². The van der Waals surface area contributed by atoms with Crippen molar-refractivity contribution in [3.63, 3.8) is 0 Å². The average molecular weight is 466 g/mol. The minimum absolute atomic E-state index is 0.256. The minimum atomic E-state index is -1.05. The SMILES string of the molecule is CCC[C@@H](C(=O)O)N1C(=O)/C(=C/c2ccc(-c3ccc(Br)cc3)o2)SC1=S. The molecule has 1 N–H and O–H groups in total. The van der Waals surface area contributed by atoms with Crippen molar-refractivity contribution in [2.45, 2.75) is 25.8 Å². The van der Waals surface area contributed by atoms with Crippen molar-refractivity contribution in [3.8, 4) is 11.3 Å². The van der Waals surface area contributed by atoms with Gasteiger partial charge in [-0.05, 0) is 30.7 Å². The Kier molecular flexibility index (Phi) is 6.18. The fraction of sp³-hybridized carbons (Fsp3) is 0.211. The largest absolute Gasteiger partial charge is 0.480 e. The number of carboxylic acid groups (broad SMARTS) is 1. The van der Waals surface area contributed by atoms with Crippen LogP contribution in [-0.4, -0.2) is 32.2 Å². The van der Waals surface area contributed by atoms with E-state index in [1.165, 1.54) is 4.90 Å². The number of thioether (sulfide) groups is 1. The molecule has 1 aliphatic heterocycles. The van der Waals surface area contributed by atoms with Gasteiger partial charge in [0.05, 0.1) is 4.91 Å². The number of hydrogen-bond donors (Lipinski definition) is 1. The van der Waals surface area contributed by atoms with Crippen molar-refractivity contribution in [3.05, 3.63) is 51.5 Å². The molecule has 2 aromatic rings. The Morgan fingerprint density at radius 3 is 2.67 bits per heavy atom. The lowest BCUT2D eigenvalue weighted by molar-refractivity contribution is -0.145. The first-order valence-electron chi connectivity index (χ1n) is 8.26. The van der Waals surface area contributed by atoms with Gasteiger partial charge in [-0.25, -0.2) is 4.79 Å². The summed E-state index contributed by atoms with van der Waals surface area (Å²) < 4.78 is 7.04. The molecular weight excluding hydrogens is 450 g/mol. The summed E-state index contributed by atoms with van der Waals surface area (Å²) >= 11 is 9.73. The predicted molar refractivity (Wildman–Crippen MR) is 113 cm³/mol. The van der Waals surface area contributed by atoms with Crippen molar-refractivity contribution in [1.82, 2.24) is 4.90 Å². The van der Waals surface area contributed by atoms with Crippen molar-refractivity contribution >= 4 is 62.2 Å². The van der Waals surface area contributed by atoms with Gasteiger partial charge < -0.3 is 9.52 Å². The number of aliphatic carboxylic acids is 1. The van der Waals surface area contributed by atoms with E-state index in [4.69, 9.17) is 16.6 Å². The normalized spacial score (nSPS) is 17.0. The van der Waals surface area contributed by atoms with E-state index in [2.05, 4.69) is 15.9 Å². The summed E-state index contributed by atoms with van der Waals surface area (Å²) in [5.41, 5.74) is 0.916. The highest BCUT2D eigenvalue weighted by molar-refractivity contribution is 9.10. The molecule has 5 nitrogen and oxygen atoms in total. The summed E-state index contributed by atoms with van der Waals surface area (Å²) in [4.78, 5) is 25.8. The molecule has 0 unspecified atom stereocenters. The molecule has 8 heteroatoms. The van der Waals surface area contributed by atoms with Crippen LogP contribution in [0.4, 0.5) is 0 Å². The number of furan rings is 1. The highest BCUT2D eigenvalue weighted by atomic mass is 79.9. The van der Waals surface area contributed by atoms with E-state index in [1.807, 2.05) is 37.3 Å². The smallest absolute Gasteiger partial charge is 0.326 e. The van der Waals surface area contributed by atoms with Crippen LogP contribution in [0.3, 0.4) is 0 Å². The van der Waals surface area contributed by atoms with Crippen LogP contribution in [0.25, 0.3) is 17.4 Å². The second-order valence-electron chi connectivity index (χ2n) is 5.90. The third kappa shape index (κ3) is 4.34. The van der Waals surface area contributed by atoms with E-state index >= 15 is 0 Å². The number of carboxylic acids is 1. The topological polar surface area (TPSA) is 70.8 Å². The fourth-order valence-electron chi connectivity index (χ4n) is 2.71. The molecule has 1 amide bonds. The van der Waals surface area contributed by atoms with Gasteiger partial charge >= 0.3 is 5.97 Å². The van der Waals surface area contributed by atoms with Crippen LogP contribution in [0.15, 0.2) is 50.2 Å². The summed E-state index contributed by atoms with van der Waals surface area (Å²) in [6.45, 7) is 1.87. The third-order valence-corrected chi connectivity index (χ3v) is 5.87. The van der Waals surface area contributed by atoms with Crippen LogP contribution >= 0.6 is 39.9 Å². The van der Waals surface area contributed by atoms with Gasteiger partial charge in [0, 0.05) is 16.1 Å². The lowest BCUT2D eigenvalue weighted by atomic mass is 10.1. The first kappa shape index (κ1) is 19.9. The van der Waals surface area contributed by atoms with Gasteiger partial charge in [0.15, 0.2) is 0 Å². The Balaban J connectivity index is 1.84. The molecule has 1 aromatic carbocycles. The molecule has 0 bridgehead atoms. The number of halogens is 1. The Bertz CT molecular complexity index is 920. The molecule has 0 spiro atoms. The Hall–Kier alpha value is -1.90. The second-order valence-corrected chi connectivity index (χ2v) is 8.49. The molecule has 2 heterocycles. The number of rotatable bonds is 6. The predicted octanol–water partition coefficient (Wildman–Crippen LogP) is 5.16. The van der Waals surface area contributed by atoms with Crippen molar-refractivity contribution in [2.24, 2.45) is 0 Å². The van der Waals surface area contributed by atoms with Gasteiger partial charge in [-0.1, -0.05) is 65.4 Å². The number of hydrogen-bond acceptors (Lipinski definition) is 5. The standard InChI is InChI=1S/C19H16BrNO4S2/c1-2-3-14(18(23)24)21-17(22)16(27-19(21)26)10-13-8-9-15(25-13)11-4-6-12(20)7-5-11/h4-10,14H,2-3H2,1H3,(H,23,24)/b16-10-/t14-/m0/s1. The first-order chi connectivity index (χ1) is 12.9. The molecule has 0 saturated carbocycles. The number of carbonyl (C=O) groups excluding carboxylic acids is 1. The lowest BCUT2D eigenvalue weighted by Crippen LogP contribution is -2.43. The van der Waals surface area contributed by atoms with Crippen LogP contribution in [0.5, 0.6) is 0 Å². The van der Waals surface area contributed by atoms with Gasteiger partial charge in [-0.2, -0.15) is 0 Å². The van der Waals surface area contributed by atoms with E-state index in [-0.39, 0.29) is 4.32 Å². The summed E-state index contributed by atoms with van der Waals surface area (Å²) in [7, 11) is 0. The molecule has 1 fully saturated rings. The van der Waals surface area contributed by atoms with Crippen LogP contribution in [0, 0.1) is 0 Å². The Morgan fingerprint density at radius 2 is 2.04 bits per heavy atom. The van der Waals surface area contributed by atoms with Crippen molar-refractivity contribution < 1.29 is 19.1 Å². The van der Waals surface area contributed by atoms with Crippen LogP contribution in [0.2, 0.25) is 0 Å². The van der Waals surface area contributed by atoms with Crippen LogP contribution in [-0.2, 0) is 9.59 Å². The summed E-state index contributed by atoms with van der Waals surface area (Å²) in [5, 5.41) is 9.42. The minimum Gasteiger partial charge on any atom is -0.480 e. The lowest BCUT2D eigenvalue weighted by Gasteiger charge is -2.22. The number of benzene rings is 1.